The third-order valence-electron chi connectivity index (χ3n) is 11.9. The van der Waals surface area contributed by atoms with Crippen molar-refractivity contribution in [1.29, 1.82) is 0 Å². The van der Waals surface area contributed by atoms with E-state index in [0.29, 0.717) is 11.4 Å². The number of nitrogens with one attached hydrogen (secondary N) is 1. The summed E-state index contributed by atoms with van der Waals surface area (Å²) in [5.74, 6) is 1.87. The van der Waals surface area contributed by atoms with Crippen molar-refractivity contribution in [3.63, 3.8) is 0 Å². The van der Waals surface area contributed by atoms with E-state index in [1.54, 1.807) is 12.3 Å². The van der Waals surface area contributed by atoms with Crippen LogP contribution in [0.15, 0.2) is 48.8 Å². The third kappa shape index (κ3) is 4.22. The molecule has 0 spiro atoms. The van der Waals surface area contributed by atoms with Gasteiger partial charge in [0.15, 0.2) is 5.82 Å². The van der Waals surface area contributed by atoms with Gasteiger partial charge in [0.25, 0.3) is 5.91 Å². The number of imidazole rings is 1. The predicted octanol–water partition coefficient (Wildman–Crippen LogP) is -6.21. The Kier molecular flexibility index (Phi) is 6.98. The van der Waals surface area contributed by atoms with Gasteiger partial charge in [-0.25, -0.2) is 9.97 Å². The van der Waals surface area contributed by atoms with Crippen LogP contribution in [-0.4, -0.2) is 120 Å². The number of anilines is 2. The molecule has 4 aromatic rings. The lowest BCUT2D eigenvalue weighted by molar-refractivity contribution is 0.102. The lowest BCUT2D eigenvalue weighted by Gasteiger charge is -2.77. The fraction of sp³-hybridized carbons (Fsp3) is 0.292. The van der Waals surface area contributed by atoms with Crippen LogP contribution in [0.1, 0.15) is 16.2 Å². The first-order chi connectivity index (χ1) is 19.3. The van der Waals surface area contributed by atoms with E-state index in [-0.39, 0.29) is 32.2 Å². The number of piperidine rings is 1. The van der Waals surface area contributed by atoms with Gasteiger partial charge in [-0.05, 0) is 47.9 Å². The van der Waals surface area contributed by atoms with Crippen molar-refractivity contribution in [2.75, 3.05) is 10.2 Å². The van der Waals surface area contributed by atoms with Crippen LogP contribution in [0.3, 0.4) is 0 Å². The molecule has 1 aromatic carbocycles. The van der Waals surface area contributed by atoms with E-state index < -0.39 is 0 Å². The number of pyridine rings is 1. The minimum atomic E-state index is -0.258. The third-order valence-corrected chi connectivity index (χ3v) is 11.9. The number of rotatable bonds is 4. The average Bonchev–Trinajstić information content (AvgIpc) is 3.25. The molecule has 0 atom stereocenters. The fourth-order valence-corrected chi connectivity index (χ4v) is 7.05. The number of nitrogens with zero attached hydrogens (tertiary/aromatic N) is 6. The zero-order valence-electron chi connectivity index (χ0n) is 27.2. The molecule has 1 fully saturated rings. The normalized spacial score (nSPS) is 19.7. The average molecular weight is 546 g/mol. The highest BCUT2D eigenvalue weighted by molar-refractivity contribution is 6.71. The molecule has 4 heterocycles. The van der Waals surface area contributed by atoms with Crippen LogP contribution in [0.4, 0.5) is 11.6 Å². The number of hydrogen-bond acceptors (Lipinski definition) is 6. The number of carbonyl (C=O) groups is 1. The van der Waals surface area contributed by atoms with Gasteiger partial charge >= 0.3 is 0 Å². The van der Waals surface area contributed by atoms with Crippen LogP contribution in [0.5, 0.6) is 0 Å². The molecule has 0 unspecified atom stereocenters. The molecule has 18 heteroatoms. The molecule has 1 saturated heterocycles. The van der Waals surface area contributed by atoms with Crippen molar-refractivity contribution >= 4 is 107 Å². The summed E-state index contributed by atoms with van der Waals surface area (Å²) in [6, 6.07) is 11.5. The number of benzene rings is 1. The Hall–Kier alpha value is -3.16. The summed E-state index contributed by atoms with van der Waals surface area (Å²) >= 11 is 0. The SMILES string of the molecule is BC1(B)N(c2cc(C(=O)Nc3cc4cc(-c5cnc(C)n5C)ccc4nn3)ccn2)C(B)(B)C(B)(B)C(B)(B)C1(B)B. The number of fused-ring (bicyclic) bond motifs is 1. The molecule has 1 amide bonds. The van der Waals surface area contributed by atoms with Gasteiger partial charge in [-0.2, -0.15) is 0 Å². The fourth-order valence-electron chi connectivity index (χ4n) is 7.05. The van der Waals surface area contributed by atoms with E-state index in [1.165, 1.54) is 0 Å². The Labute approximate surface area is 257 Å². The molecule has 0 bridgehead atoms. The number of hydrogen-bond donors (Lipinski definition) is 1. The summed E-state index contributed by atoms with van der Waals surface area (Å²) in [6.45, 7) is 1.98. The van der Waals surface area contributed by atoms with Crippen LogP contribution in [0, 0.1) is 6.92 Å². The van der Waals surface area contributed by atoms with Gasteiger partial charge in [0.05, 0.1) is 64.5 Å². The summed E-state index contributed by atoms with van der Waals surface area (Å²) < 4.78 is 2.05. The lowest BCUT2D eigenvalue weighted by atomic mass is 9.05. The zero-order valence-corrected chi connectivity index (χ0v) is 27.2. The molecular formula is C24H35B10N7O. The van der Waals surface area contributed by atoms with Crippen molar-refractivity contribution in [1.82, 2.24) is 24.7 Å². The molecule has 3 aromatic heterocycles. The van der Waals surface area contributed by atoms with E-state index in [9.17, 15) is 4.79 Å². The standard InChI is InChI=1S/C24H35B10N7O/c1-11-36-10-16(40(11)2)12-3-4-15-14(7-12)8-17(39-38-15)37-19(42)13-5-6-35-18(9-13)41-23(31,32)21(27,28)20(25,26)22(29,30)24(41,33)34/h3-10H,25-34H2,1-2H3,(H,37,39,42). The smallest absolute Gasteiger partial charge is 0.257 e. The van der Waals surface area contributed by atoms with Gasteiger partial charge in [-0.1, -0.05) is 21.7 Å². The van der Waals surface area contributed by atoms with Crippen LogP contribution >= 0.6 is 0 Å². The first-order valence-corrected chi connectivity index (χ1v) is 14.7. The number of amides is 1. The van der Waals surface area contributed by atoms with Gasteiger partial charge < -0.3 is 14.8 Å². The van der Waals surface area contributed by atoms with Crippen LogP contribution in [-0.2, 0) is 7.05 Å². The Morgan fingerprint density at radius 3 is 2.05 bits per heavy atom. The molecule has 0 aliphatic carbocycles. The summed E-state index contributed by atoms with van der Waals surface area (Å²) in [7, 11) is 25.4. The summed E-state index contributed by atoms with van der Waals surface area (Å²) in [5.41, 5.74) is 3.31. The second kappa shape index (κ2) is 9.68. The molecule has 1 N–H and O–H groups in total. The van der Waals surface area contributed by atoms with Gasteiger partial charge in [-0.3, -0.25) is 4.79 Å². The summed E-state index contributed by atoms with van der Waals surface area (Å²) in [4.78, 5) is 25.2. The van der Waals surface area contributed by atoms with Crippen molar-refractivity contribution < 1.29 is 4.79 Å². The van der Waals surface area contributed by atoms with Gasteiger partial charge in [0.2, 0.25) is 0 Å². The Bertz CT molecular complexity index is 1690. The minimum Gasteiger partial charge on any atom is -0.379 e. The molecular weight excluding hydrogens is 510 g/mol. The van der Waals surface area contributed by atoms with Gasteiger partial charge in [0, 0.05) is 29.8 Å². The molecule has 42 heavy (non-hydrogen) atoms. The molecule has 1 aliphatic heterocycles. The second-order valence-electron chi connectivity index (χ2n) is 14.4. The largest absolute Gasteiger partial charge is 0.379 e. The maximum atomic E-state index is 13.6. The van der Waals surface area contributed by atoms with E-state index >= 15 is 0 Å². The first-order valence-electron chi connectivity index (χ1n) is 14.7. The van der Waals surface area contributed by atoms with Gasteiger partial charge in [-0.15, -0.1) is 10.2 Å². The van der Waals surface area contributed by atoms with Crippen LogP contribution in [0.25, 0.3) is 22.2 Å². The van der Waals surface area contributed by atoms with Crippen molar-refractivity contribution in [2.45, 2.75) is 33.2 Å². The van der Waals surface area contributed by atoms with Crippen molar-refractivity contribution in [3.05, 3.63) is 60.2 Å². The van der Waals surface area contributed by atoms with Gasteiger partial charge in [0.1, 0.15) is 43.0 Å². The topological polar surface area (TPSA) is 88.8 Å². The zero-order chi connectivity index (χ0) is 31.0. The highest BCUT2D eigenvalue weighted by Crippen LogP contribution is 2.69. The van der Waals surface area contributed by atoms with Crippen molar-refractivity contribution in [2.24, 2.45) is 7.05 Å². The molecule has 8 nitrogen and oxygen atoms in total. The molecule has 202 valence electrons. The number of aryl methyl sites for hydroxylation is 1. The predicted molar refractivity (Wildman–Crippen MR) is 200 cm³/mol. The van der Waals surface area contributed by atoms with E-state index in [1.807, 2.05) is 55.1 Å². The van der Waals surface area contributed by atoms with Crippen molar-refractivity contribution in [3.8, 4) is 11.3 Å². The maximum Gasteiger partial charge on any atom is 0.257 e. The Morgan fingerprint density at radius 2 is 1.45 bits per heavy atom. The molecule has 0 radical (unpaired) electrons. The van der Waals surface area contributed by atoms with Crippen LogP contribution < -0.4 is 10.2 Å². The monoisotopic (exact) mass is 547 g/mol. The van der Waals surface area contributed by atoms with E-state index in [2.05, 4.69) is 104 Å². The Balaban J connectivity index is 1.48. The molecule has 5 rings (SSSR count). The highest BCUT2D eigenvalue weighted by atomic mass is 16.1. The number of carbonyl (C=O) groups excluding carboxylic acids is 1. The first kappa shape index (κ1) is 30.3. The molecule has 1 aliphatic rings. The minimum absolute atomic E-state index is 0.0165. The maximum absolute atomic E-state index is 13.6. The quantitative estimate of drug-likeness (QED) is 0.257. The molecule has 0 saturated carbocycles. The van der Waals surface area contributed by atoms with E-state index in [4.69, 9.17) is 4.98 Å². The van der Waals surface area contributed by atoms with Crippen LogP contribution in [0.2, 0.25) is 15.6 Å². The highest BCUT2D eigenvalue weighted by Gasteiger charge is 2.66. The second-order valence-corrected chi connectivity index (χ2v) is 14.4. The lowest BCUT2D eigenvalue weighted by Crippen LogP contribution is -2.81. The summed E-state index contributed by atoms with van der Waals surface area (Å²) in [6.07, 6.45) is 3.59. The van der Waals surface area contributed by atoms with E-state index in [0.717, 1.165) is 33.8 Å². The Morgan fingerprint density at radius 1 is 0.810 bits per heavy atom. The summed E-state index contributed by atoms with van der Waals surface area (Å²) in [5, 5.41) is 11.8. The number of aromatic nitrogens is 5.